The predicted molar refractivity (Wildman–Crippen MR) is 123 cm³/mol. The minimum Gasteiger partial charge on any atom is -0.290 e. The summed E-state index contributed by atoms with van der Waals surface area (Å²) in [5.74, 6) is 7.43. The number of rotatable bonds is 6. The summed E-state index contributed by atoms with van der Waals surface area (Å²) < 4.78 is 0. The van der Waals surface area contributed by atoms with Gasteiger partial charge in [-0.25, -0.2) is 0 Å². The molecular weight excluding hydrogens is 352 g/mol. The summed E-state index contributed by atoms with van der Waals surface area (Å²) in [6, 6.07) is 0. The average Bonchev–Trinajstić information content (AvgIpc) is 3.13. The molecule has 4 rings (SSSR count). The molecule has 8 atom stereocenters. The van der Waals surface area contributed by atoms with E-state index in [9.17, 15) is 4.79 Å². The number of allylic oxidation sites excluding steroid dienone is 4. The zero-order valence-corrected chi connectivity index (χ0v) is 19.6. The maximum absolute atomic E-state index is 11.9. The van der Waals surface area contributed by atoms with Crippen molar-refractivity contribution in [2.75, 3.05) is 0 Å². The Morgan fingerprint density at radius 1 is 1.00 bits per heavy atom. The molecule has 0 bridgehead atoms. The molecule has 0 aromatic heterocycles. The van der Waals surface area contributed by atoms with Gasteiger partial charge in [0, 0.05) is 5.41 Å². The summed E-state index contributed by atoms with van der Waals surface area (Å²) in [7, 11) is 0. The minimum atomic E-state index is 0.164. The van der Waals surface area contributed by atoms with Crippen LogP contribution in [0.15, 0.2) is 23.8 Å². The zero-order valence-electron chi connectivity index (χ0n) is 19.6. The molecule has 1 heteroatoms. The van der Waals surface area contributed by atoms with Gasteiger partial charge in [0.25, 0.3) is 0 Å². The van der Waals surface area contributed by atoms with E-state index in [1.807, 2.05) is 12.2 Å². The van der Waals surface area contributed by atoms with Crippen molar-refractivity contribution >= 4 is 5.78 Å². The van der Waals surface area contributed by atoms with Crippen LogP contribution < -0.4 is 0 Å². The van der Waals surface area contributed by atoms with Crippen molar-refractivity contribution in [1.82, 2.24) is 0 Å². The first-order chi connectivity index (χ1) is 13.8. The van der Waals surface area contributed by atoms with Gasteiger partial charge in [-0.2, -0.15) is 0 Å². The molecule has 0 heterocycles. The third kappa shape index (κ3) is 3.81. The number of fused-ring (bicyclic) bond motifs is 5. The van der Waals surface area contributed by atoms with Crippen LogP contribution in [0.25, 0.3) is 0 Å². The van der Waals surface area contributed by atoms with E-state index in [4.69, 9.17) is 0 Å². The SMILES string of the molecule is CC[C@H](CC[C@@H](C)[C@H]1CC[C@@H]2[C@@H]1CC[C@H]1[C@H]2CCC2=CC(=O)C=C[C@@]21C)C(C)C. The van der Waals surface area contributed by atoms with E-state index in [0.717, 1.165) is 53.8 Å². The van der Waals surface area contributed by atoms with Crippen molar-refractivity contribution in [3.8, 4) is 0 Å². The normalized spacial score (nSPS) is 40.8. The molecule has 162 valence electrons. The topological polar surface area (TPSA) is 17.1 Å². The number of hydrogen-bond acceptors (Lipinski definition) is 1. The van der Waals surface area contributed by atoms with E-state index in [2.05, 4.69) is 40.7 Å². The summed E-state index contributed by atoms with van der Waals surface area (Å²) in [6.07, 6.45) is 18.6. The van der Waals surface area contributed by atoms with Crippen LogP contribution in [0.3, 0.4) is 0 Å². The third-order valence-electron chi connectivity index (χ3n) is 10.1. The largest absolute Gasteiger partial charge is 0.290 e. The first-order valence-corrected chi connectivity index (χ1v) is 12.8. The van der Waals surface area contributed by atoms with Gasteiger partial charge in [0.05, 0.1) is 0 Å². The molecule has 0 unspecified atom stereocenters. The van der Waals surface area contributed by atoms with Gasteiger partial charge in [0.15, 0.2) is 5.78 Å². The molecule has 0 aromatic rings. The Bertz CT molecular complexity index is 670. The van der Waals surface area contributed by atoms with Gasteiger partial charge in [-0.15, -0.1) is 0 Å². The Morgan fingerprint density at radius 2 is 1.76 bits per heavy atom. The van der Waals surface area contributed by atoms with Crippen LogP contribution in [0.5, 0.6) is 0 Å². The lowest BCUT2D eigenvalue weighted by Gasteiger charge is -2.54. The van der Waals surface area contributed by atoms with Gasteiger partial charge in [0.1, 0.15) is 0 Å². The molecule has 1 nitrogen and oxygen atoms in total. The second-order valence-corrected chi connectivity index (χ2v) is 11.6. The average molecular weight is 397 g/mol. The van der Waals surface area contributed by atoms with Gasteiger partial charge in [-0.1, -0.05) is 59.1 Å². The highest BCUT2D eigenvalue weighted by Gasteiger charge is 2.54. The fraction of sp³-hybridized carbons (Fsp3) is 0.821. The van der Waals surface area contributed by atoms with Crippen LogP contribution in [-0.2, 0) is 4.79 Å². The summed E-state index contributed by atoms with van der Waals surface area (Å²) in [5.41, 5.74) is 1.60. The fourth-order valence-corrected chi connectivity index (χ4v) is 8.30. The van der Waals surface area contributed by atoms with E-state index in [1.54, 1.807) is 0 Å². The van der Waals surface area contributed by atoms with Crippen molar-refractivity contribution in [3.05, 3.63) is 23.8 Å². The summed E-state index contributed by atoms with van der Waals surface area (Å²) in [5, 5.41) is 0. The van der Waals surface area contributed by atoms with Crippen molar-refractivity contribution in [2.24, 2.45) is 52.8 Å². The van der Waals surface area contributed by atoms with Crippen molar-refractivity contribution in [2.45, 2.75) is 92.4 Å². The molecule has 4 aliphatic carbocycles. The summed E-state index contributed by atoms with van der Waals surface area (Å²) in [6.45, 7) is 12.2. The van der Waals surface area contributed by atoms with Crippen LogP contribution in [0.4, 0.5) is 0 Å². The maximum Gasteiger partial charge on any atom is 0.178 e. The van der Waals surface area contributed by atoms with Crippen LogP contribution in [0, 0.1) is 52.8 Å². The maximum atomic E-state index is 11.9. The molecule has 0 amide bonds. The third-order valence-corrected chi connectivity index (χ3v) is 10.1. The van der Waals surface area contributed by atoms with Gasteiger partial charge < -0.3 is 0 Å². The number of carbonyl (C=O) groups excluding carboxylic acids is 1. The number of hydrogen-bond donors (Lipinski definition) is 0. The van der Waals surface area contributed by atoms with Gasteiger partial charge >= 0.3 is 0 Å². The van der Waals surface area contributed by atoms with E-state index >= 15 is 0 Å². The smallest absolute Gasteiger partial charge is 0.178 e. The fourth-order valence-electron chi connectivity index (χ4n) is 8.30. The quantitative estimate of drug-likeness (QED) is 0.451. The Hall–Kier alpha value is -0.850. The number of ketones is 1. The van der Waals surface area contributed by atoms with E-state index < -0.39 is 0 Å². The van der Waals surface area contributed by atoms with E-state index in [1.165, 1.54) is 56.9 Å². The second-order valence-electron chi connectivity index (χ2n) is 11.6. The van der Waals surface area contributed by atoms with Crippen molar-refractivity contribution < 1.29 is 4.79 Å². The van der Waals surface area contributed by atoms with Crippen molar-refractivity contribution in [1.29, 1.82) is 0 Å². The lowest BCUT2D eigenvalue weighted by atomic mass is 9.50. The molecule has 0 aromatic carbocycles. The Kier molecular flexibility index (Phi) is 6.16. The lowest BCUT2D eigenvalue weighted by molar-refractivity contribution is -0.111. The van der Waals surface area contributed by atoms with Crippen LogP contribution in [-0.4, -0.2) is 5.78 Å². The molecule has 0 spiro atoms. The Balaban J connectivity index is 1.43. The molecule has 0 saturated heterocycles. The summed E-state index contributed by atoms with van der Waals surface area (Å²) in [4.78, 5) is 11.9. The first kappa shape index (κ1) is 21.4. The van der Waals surface area contributed by atoms with Crippen LogP contribution >= 0.6 is 0 Å². The zero-order chi connectivity index (χ0) is 20.8. The standard InChI is InChI=1S/C28H44O/c1-6-20(18(2)3)8-7-19(4)23-11-12-25-24(23)13-14-27-26(25)10-9-21-17-22(29)15-16-28(21,27)5/h15-20,23-27H,6-14H2,1-5H3/t19-,20-,23-,24-,25-,26+,27+,28+/m1/s1. The monoisotopic (exact) mass is 396 g/mol. The molecular formula is C28H44O. The van der Waals surface area contributed by atoms with Gasteiger partial charge in [-0.05, 0) is 104 Å². The first-order valence-electron chi connectivity index (χ1n) is 12.8. The lowest BCUT2D eigenvalue weighted by Crippen LogP contribution is -2.46. The highest BCUT2D eigenvalue weighted by atomic mass is 16.1. The minimum absolute atomic E-state index is 0.164. The molecule has 4 aliphatic rings. The van der Waals surface area contributed by atoms with Gasteiger partial charge in [-0.3, -0.25) is 4.79 Å². The second kappa shape index (κ2) is 8.35. The highest BCUT2D eigenvalue weighted by molar-refractivity contribution is 6.01. The van der Waals surface area contributed by atoms with Crippen LogP contribution in [0.1, 0.15) is 92.4 Å². The predicted octanol–water partition coefficient (Wildman–Crippen LogP) is 7.62. The molecule has 0 N–H and O–H groups in total. The van der Waals surface area contributed by atoms with Gasteiger partial charge in [0.2, 0.25) is 0 Å². The van der Waals surface area contributed by atoms with E-state index in [-0.39, 0.29) is 11.2 Å². The highest BCUT2D eigenvalue weighted by Crippen LogP contribution is 2.62. The Labute approximate surface area is 179 Å². The molecule has 29 heavy (non-hydrogen) atoms. The van der Waals surface area contributed by atoms with E-state index in [0.29, 0.717) is 0 Å². The Morgan fingerprint density at radius 3 is 2.48 bits per heavy atom. The molecule has 3 fully saturated rings. The number of carbonyl (C=O) groups is 1. The molecule has 0 radical (unpaired) electrons. The molecule has 0 aliphatic heterocycles. The van der Waals surface area contributed by atoms with Crippen LogP contribution in [0.2, 0.25) is 0 Å². The summed E-state index contributed by atoms with van der Waals surface area (Å²) >= 11 is 0. The molecule has 3 saturated carbocycles. The van der Waals surface area contributed by atoms with Crippen molar-refractivity contribution in [3.63, 3.8) is 0 Å².